The van der Waals surface area contributed by atoms with Crippen molar-refractivity contribution in [3.63, 3.8) is 0 Å². The maximum Gasteiger partial charge on any atom is 0.212 e. The van der Waals surface area contributed by atoms with Gasteiger partial charge >= 0.3 is 0 Å². The first kappa shape index (κ1) is 10.4. The van der Waals surface area contributed by atoms with E-state index in [9.17, 15) is 0 Å². The second-order valence-corrected chi connectivity index (χ2v) is 4.94. The molecule has 82 valence electrons. The molecular weight excluding hydrogens is 188 g/mol. The number of rotatable bonds is 3. The van der Waals surface area contributed by atoms with E-state index in [1.54, 1.807) is 7.11 Å². The van der Waals surface area contributed by atoms with E-state index in [0.29, 0.717) is 17.8 Å². The quantitative estimate of drug-likeness (QED) is 0.819. The zero-order chi connectivity index (χ0) is 11.1. The van der Waals surface area contributed by atoms with Crippen molar-refractivity contribution in [3.8, 4) is 5.88 Å². The Balaban J connectivity index is 2.30. The van der Waals surface area contributed by atoms with Crippen LogP contribution in [0.1, 0.15) is 25.8 Å². The number of methoxy groups -OCH3 is 1. The lowest BCUT2D eigenvalue weighted by Crippen LogP contribution is -2.25. The number of hydrogen-bond donors (Lipinski definition) is 1. The van der Waals surface area contributed by atoms with E-state index in [4.69, 9.17) is 10.5 Å². The summed E-state index contributed by atoms with van der Waals surface area (Å²) in [5.74, 6) is 0.657. The molecule has 0 bridgehead atoms. The predicted molar refractivity (Wildman–Crippen MR) is 59.9 cm³/mol. The first-order valence-electron chi connectivity index (χ1n) is 5.26. The van der Waals surface area contributed by atoms with E-state index >= 15 is 0 Å². The molecule has 1 saturated carbocycles. The summed E-state index contributed by atoms with van der Waals surface area (Å²) in [5, 5.41) is 0. The molecule has 2 N–H and O–H groups in total. The molecule has 0 aliphatic heterocycles. The van der Waals surface area contributed by atoms with E-state index < -0.39 is 0 Å². The lowest BCUT2D eigenvalue weighted by Gasteiger charge is -2.18. The van der Waals surface area contributed by atoms with E-state index in [-0.39, 0.29) is 5.41 Å². The van der Waals surface area contributed by atoms with Crippen molar-refractivity contribution in [1.82, 2.24) is 4.98 Å². The molecule has 1 heterocycles. The third-order valence-corrected chi connectivity index (χ3v) is 3.76. The van der Waals surface area contributed by atoms with Crippen LogP contribution in [0.5, 0.6) is 5.88 Å². The Labute approximate surface area is 90.7 Å². The maximum atomic E-state index is 5.89. The van der Waals surface area contributed by atoms with Gasteiger partial charge in [0.1, 0.15) is 0 Å². The fourth-order valence-corrected chi connectivity index (χ4v) is 2.45. The van der Waals surface area contributed by atoms with Gasteiger partial charge in [0.25, 0.3) is 0 Å². The molecule has 1 fully saturated rings. The van der Waals surface area contributed by atoms with Crippen molar-refractivity contribution in [2.75, 3.05) is 13.7 Å². The molecule has 1 atom stereocenters. The number of pyridine rings is 1. The van der Waals surface area contributed by atoms with Gasteiger partial charge in [-0.25, -0.2) is 4.98 Å². The summed E-state index contributed by atoms with van der Waals surface area (Å²) in [6, 6.07) is 3.98. The van der Waals surface area contributed by atoms with Crippen LogP contribution in [0.2, 0.25) is 0 Å². The van der Waals surface area contributed by atoms with Crippen molar-refractivity contribution < 1.29 is 4.74 Å². The molecule has 1 aliphatic carbocycles. The van der Waals surface area contributed by atoms with Gasteiger partial charge in [0.15, 0.2) is 0 Å². The zero-order valence-corrected chi connectivity index (χ0v) is 9.58. The van der Waals surface area contributed by atoms with Gasteiger partial charge in [-0.3, -0.25) is 0 Å². The highest BCUT2D eigenvalue weighted by atomic mass is 16.5. The van der Waals surface area contributed by atoms with Gasteiger partial charge in [-0.1, -0.05) is 19.9 Å². The highest BCUT2D eigenvalue weighted by Gasteiger charge is 2.61. The molecule has 15 heavy (non-hydrogen) atoms. The van der Waals surface area contributed by atoms with E-state index in [2.05, 4.69) is 24.9 Å². The Morgan fingerprint density at radius 1 is 1.47 bits per heavy atom. The van der Waals surface area contributed by atoms with E-state index in [1.165, 1.54) is 5.56 Å². The Kier molecular flexibility index (Phi) is 2.23. The second kappa shape index (κ2) is 3.20. The minimum atomic E-state index is 0.131. The second-order valence-electron chi connectivity index (χ2n) is 4.94. The summed E-state index contributed by atoms with van der Waals surface area (Å²) in [6.45, 7) is 5.20. The largest absolute Gasteiger partial charge is 0.481 e. The number of nitrogens with zero attached hydrogens (tertiary/aromatic N) is 1. The van der Waals surface area contributed by atoms with Gasteiger partial charge in [0.2, 0.25) is 5.88 Å². The smallest absolute Gasteiger partial charge is 0.212 e. The van der Waals surface area contributed by atoms with Gasteiger partial charge in [0, 0.05) is 24.2 Å². The molecule has 0 aromatic carbocycles. The molecule has 3 heteroatoms. The van der Waals surface area contributed by atoms with E-state index in [1.807, 2.05) is 12.3 Å². The fourth-order valence-electron chi connectivity index (χ4n) is 2.45. The molecule has 0 amide bonds. The van der Waals surface area contributed by atoms with Crippen molar-refractivity contribution in [2.45, 2.75) is 25.7 Å². The van der Waals surface area contributed by atoms with Gasteiger partial charge in [-0.05, 0) is 17.4 Å². The molecular formula is C12H18N2O. The Morgan fingerprint density at radius 2 is 2.13 bits per heavy atom. The monoisotopic (exact) mass is 206 g/mol. The lowest BCUT2D eigenvalue weighted by atomic mass is 9.89. The summed E-state index contributed by atoms with van der Waals surface area (Å²) < 4.78 is 5.05. The van der Waals surface area contributed by atoms with Crippen molar-refractivity contribution in [3.05, 3.63) is 23.9 Å². The van der Waals surface area contributed by atoms with Gasteiger partial charge in [-0.15, -0.1) is 0 Å². The topological polar surface area (TPSA) is 48.1 Å². The first-order valence-corrected chi connectivity index (χ1v) is 5.26. The van der Waals surface area contributed by atoms with Gasteiger partial charge < -0.3 is 10.5 Å². The minimum absolute atomic E-state index is 0.131. The summed E-state index contributed by atoms with van der Waals surface area (Å²) in [6.07, 6.45) is 3.03. The van der Waals surface area contributed by atoms with E-state index in [0.717, 1.165) is 6.42 Å². The maximum absolute atomic E-state index is 5.89. The SMILES string of the molecule is COc1ccc(C2(CN)CC2(C)C)cn1. The van der Waals surface area contributed by atoms with Crippen LogP contribution in [0.3, 0.4) is 0 Å². The standard InChI is InChI=1S/C12H18N2O/c1-11(2)7-12(11,8-13)9-4-5-10(15-3)14-6-9/h4-6H,7-8,13H2,1-3H3. The third kappa shape index (κ3) is 1.42. The number of nitrogens with two attached hydrogens (primary N) is 1. The number of ether oxygens (including phenoxy) is 1. The van der Waals surface area contributed by atoms with Crippen molar-refractivity contribution in [1.29, 1.82) is 0 Å². The van der Waals surface area contributed by atoms with Crippen molar-refractivity contribution >= 4 is 0 Å². The lowest BCUT2D eigenvalue weighted by molar-refractivity contribution is 0.396. The zero-order valence-electron chi connectivity index (χ0n) is 9.58. The van der Waals surface area contributed by atoms with Crippen LogP contribution in [-0.2, 0) is 5.41 Å². The Morgan fingerprint density at radius 3 is 2.47 bits per heavy atom. The highest BCUT2D eigenvalue weighted by Crippen LogP contribution is 2.63. The van der Waals surface area contributed by atoms with Gasteiger partial charge in [0.05, 0.1) is 7.11 Å². The summed E-state index contributed by atoms with van der Waals surface area (Å²) in [7, 11) is 1.63. The molecule has 1 aromatic heterocycles. The molecule has 0 saturated heterocycles. The predicted octanol–water partition coefficient (Wildman–Crippen LogP) is 1.72. The summed E-state index contributed by atoms with van der Waals surface area (Å²) in [4.78, 5) is 4.24. The number of hydrogen-bond acceptors (Lipinski definition) is 3. The van der Waals surface area contributed by atoms with Crippen LogP contribution in [-0.4, -0.2) is 18.6 Å². The molecule has 0 spiro atoms. The molecule has 2 rings (SSSR count). The van der Waals surface area contributed by atoms with Crippen LogP contribution in [0.25, 0.3) is 0 Å². The average Bonchev–Trinajstić information content (AvgIpc) is 2.82. The third-order valence-electron chi connectivity index (χ3n) is 3.76. The molecule has 1 unspecified atom stereocenters. The molecule has 0 radical (unpaired) electrons. The van der Waals surface area contributed by atoms with Crippen LogP contribution < -0.4 is 10.5 Å². The van der Waals surface area contributed by atoms with Crippen LogP contribution in [0.15, 0.2) is 18.3 Å². The number of aromatic nitrogens is 1. The van der Waals surface area contributed by atoms with Crippen LogP contribution in [0, 0.1) is 5.41 Å². The normalized spacial score (nSPS) is 27.5. The molecule has 1 aliphatic rings. The van der Waals surface area contributed by atoms with Crippen LogP contribution in [0.4, 0.5) is 0 Å². The summed E-state index contributed by atoms with van der Waals surface area (Å²) >= 11 is 0. The van der Waals surface area contributed by atoms with Crippen LogP contribution >= 0.6 is 0 Å². The van der Waals surface area contributed by atoms with Gasteiger partial charge in [-0.2, -0.15) is 0 Å². The molecule has 1 aromatic rings. The highest BCUT2D eigenvalue weighted by molar-refractivity contribution is 5.37. The van der Waals surface area contributed by atoms with Crippen molar-refractivity contribution in [2.24, 2.45) is 11.1 Å². The molecule has 3 nitrogen and oxygen atoms in total. The minimum Gasteiger partial charge on any atom is -0.481 e. The first-order chi connectivity index (χ1) is 7.05. The fraction of sp³-hybridized carbons (Fsp3) is 0.583. The summed E-state index contributed by atoms with van der Waals surface area (Å²) in [5.41, 5.74) is 7.56. The average molecular weight is 206 g/mol. The Bertz CT molecular complexity index is 358. The Hall–Kier alpha value is -1.09.